The normalized spacial score (nSPS) is 40.6. The van der Waals surface area contributed by atoms with Gasteiger partial charge in [-0.3, -0.25) is 9.59 Å². The SMILES string of the molecule is C[C@H]1C(=O)[C@@H](C(=O)OC(C)(C)C)C[C@@H](I)[C@]2(C)CC[C@H]1O2. The number of halogens is 1. The quantitative estimate of drug-likeness (QED) is 0.289. The minimum atomic E-state index is -0.662. The average molecular weight is 408 g/mol. The van der Waals surface area contributed by atoms with E-state index in [1.165, 1.54) is 0 Å². The van der Waals surface area contributed by atoms with Gasteiger partial charge in [-0.2, -0.15) is 0 Å². The number of ketones is 1. The van der Waals surface area contributed by atoms with Crippen LogP contribution in [0.4, 0.5) is 0 Å². The van der Waals surface area contributed by atoms with Crippen LogP contribution >= 0.6 is 22.6 Å². The molecule has 2 rings (SSSR count). The second kappa shape index (κ2) is 5.80. The average Bonchev–Trinajstić information content (AvgIpc) is 2.75. The van der Waals surface area contributed by atoms with Crippen LogP contribution in [0.5, 0.6) is 0 Å². The van der Waals surface area contributed by atoms with Crippen molar-refractivity contribution in [3.8, 4) is 0 Å². The lowest BCUT2D eigenvalue weighted by Crippen LogP contribution is -2.46. The van der Waals surface area contributed by atoms with Crippen LogP contribution in [0.2, 0.25) is 0 Å². The van der Waals surface area contributed by atoms with Gasteiger partial charge >= 0.3 is 5.97 Å². The Morgan fingerprint density at radius 1 is 1.43 bits per heavy atom. The van der Waals surface area contributed by atoms with Crippen molar-refractivity contribution in [1.82, 2.24) is 0 Å². The van der Waals surface area contributed by atoms with Crippen molar-refractivity contribution in [2.24, 2.45) is 11.8 Å². The Bertz CT molecular complexity index is 442. The molecule has 0 amide bonds. The van der Waals surface area contributed by atoms with Crippen LogP contribution in [0.3, 0.4) is 0 Å². The van der Waals surface area contributed by atoms with E-state index in [1.54, 1.807) is 0 Å². The molecule has 2 fully saturated rings. The molecule has 0 N–H and O–H groups in total. The van der Waals surface area contributed by atoms with Crippen LogP contribution < -0.4 is 0 Å². The maximum Gasteiger partial charge on any atom is 0.317 e. The van der Waals surface area contributed by atoms with E-state index in [-0.39, 0.29) is 33.3 Å². The van der Waals surface area contributed by atoms with Crippen molar-refractivity contribution < 1.29 is 19.1 Å². The summed E-state index contributed by atoms with van der Waals surface area (Å²) in [5.74, 6) is -1.32. The maximum absolute atomic E-state index is 12.7. The van der Waals surface area contributed by atoms with E-state index in [4.69, 9.17) is 9.47 Å². The summed E-state index contributed by atoms with van der Waals surface area (Å²) in [6, 6.07) is 0. The zero-order valence-electron chi connectivity index (χ0n) is 13.4. The van der Waals surface area contributed by atoms with Crippen LogP contribution in [0.25, 0.3) is 0 Å². The predicted molar refractivity (Wildman–Crippen MR) is 88.4 cm³/mol. The van der Waals surface area contributed by atoms with Gasteiger partial charge in [0.15, 0.2) is 5.78 Å². The van der Waals surface area contributed by atoms with Gasteiger partial charge in [0.2, 0.25) is 0 Å². The highest BCUT2D eigenvalue weighted by molar-refractivity contribution is 14.1. The van der Waals surface area contributed by atoms with Gasteiger partial charge in [0, 0.05) is 9.84 Å². The molecule has 0 saturated carbocycles. The topological polar surface area (TPSA) is 52.6 Å². The van der Waals surface area contributed by atoms with Gasteiger partial charge < -0.3 is 9.47 Å². The first kappa shape index (κ1) is 17.2. The molecule has 2 heterocycles. The monoisotopic (exact) mass is 408 g/mol. The fourth-order valence-corrected chi connectivity index (χ4v) is 4.10. The van der Waals surface area contributed by atoms with Gasteiger partial charge in [-0.05, 0) is 47.0 Å². The standard InChI is InChI=1S/C16H25IO4/c1-9-11-6-7-16(5,20-11)12(17)8-10(13(9)18)14(19)21-15(2,3)4/h9-12H,6-8H2,1-5H3/t9-,10+,11-,12-,16+/m1/s1. The number of fused-ring (bicyclic) bond motifs is 2. The predicted octanol–water partition coefficient (Wildman–Crippen LogP) is 3.29. The molecule has 0 radical (unpaired) electrons. The molecule has 5 heteroatoms. The summed E-state index contributed by atoms with van der Waals surface area (Å²) in [5, 5.41) is 0. The highest BCUT2D eigenvalue weighted by Crippen LogP contribution is 2.44. The van der Waals surface area contributed by atoms with Crippen molar-refractivity contribution in [2.45, 2.75) is 75.1 Å². The van der Waals surface area contributed by atoms with Crippen LogP contribution in [0.1, 0.15) is 53.9 Å². The molecule has 0 aliphatic carbocycles. The Morgan fingerprint density at radius 2 is 2.05 bits per heavy atom. The molecule has 0 spiro atoms. The second-order valence-corrected chi connectivity index (χ2v) is 8.99. The van der Waals surface area contributed by atoms with Gasteiger partial charge in [0.05, 0.1) is 11.7 Å². The summed E-state index contributed by atoms with van der Waals surface area (Å²) < 4.78 is 11.7. The molecule has 5 atom stereocenters. The van der Waals surface area contributed by atoms with Crippen molar-refractivity contribution in [3.63, 3.8) is 0 Å². The Kier molecular flexibility index (Phi) is 4.74. The van der Waals surface area contributed by atoms with Gasteiger partial charge in [0.25, 0.3) is 0 Å². The minimum Gasteiger partial charge on any atom is -0.459 e. The number of rotatable bonds is 1. The number of hydrogen-bond donors (Lipinski definition) is 0. The molecule has 120 valence electrons. The van der Waals surface area contributed by atoms with Gasteiger partial charge in [-0.15, -0.1) is 0 Å². The van der Waals surface area contributed by atoms with Crippen molar-refractivity contribution in [2.75, 3.05) is 0 Å². The van der Waals surface area contributed by atoms with Gasteiger partial charge in [0.1, 0.15) is 11.5 Å². The number of carbonyl (C=O) groups is 2. The summed E-state index contributed by atoms with van der Waals surface area (Å²) >= 11 is 2.32. The first-order valence-electron chi connectivity index (χ1n) is 7.62. The number of ether oxygens (including phenoxy) is 2. The van der Waals surface area contributed by atoms with E-state index >= 15 is 0 Å². The zero-order chi connectivity index (χ0) is 16.0. The highest BCUT2D eigenvalue weighted by atomic mass is 127. The number of carbonyl (C=O) groups excluding carboxylic acids is 2. The van der Waals surface area contributed by atoms with Gasteiger partial charge in [-0.25, -0.2) is 0 Å². The molecule has 4 nitrogen and oxygen atoms in total. The number of Topliss-reactive ketones (excluding diaryl/α,β-unsaturated/α-hetero) is 1. The lowest BCUT2D eigenvalue weighted by atomic mass is 9.85. The first-order chi connectivity index (χ1) is 9.53. The van der Waals surface area contributed by atoms with E-state index in [2.05, 4.69) is 29.5 Å². The minimum absolute atomic E-state index is 0.0279. The van der Waals surface area contributed by atoms with Crippen molar-refractivity contribution >= 4 is 34.3 Å². The molecular weight excluding hydrogens is 383 g/mol. The Balaban J connectivity index is 2.24. The molecule has 2 saturated heterocycles. The molecule has 21 heavy (non-hydrogen) atoms. The second-order valence-electron chi connectivity index (χ2n) is 7.49. The molecule has 2 bridgehead atoms. The Morgan fingerprint density at radius 3 is 2.62 bits per heavy atom. The molecule has 0 aromatic rings. The number of esters is 1. The lowest BCUT2D eigenvalue weighted by Gasteiger charge is -2.36. The van der Waals surface area contributed by atoms with Crippen LogP contribution in [-0.2, 0) is 19.1 Å². The van der Waals surface area contributed by atoms with E-state index < -0.39 is 11.5 Å². The van der Waals surface area contributed by atoms with Crippen LogP contribution in [-0.4, -0.2) is 33.0 Å². The van der Waals surface area contributed by atoms with E-state index in [0.717, 1.165) is 12.8 Å². The third-order valence-corrected chi connectivity index (χ3v) is 6.32. The molecular formula is C16H25IO4. The zero-order valence-corrected chi connectivity index (χ0v) is 15.6. The summed E-state index contributed by atoms with van der Waals surface area (Å²) in [6.45, 7) is 9.47. The molecule has 0 aromatic carbocycles. The Labute approximate surface area is 140 Å². The molecule has 0 unspecified atom stereocenters. The molecule has 2 aliphatic rings. The van der Waals surface area contributed by atoms with Gasteiger partial charge in [-0.1, -0.05) is 29.5 Å². The lowest BCUT2D eigenvalue weighted by molar-refractivity contribution is -0.166. The smallest absolute Gasteiger partial charge is 0.317 e. The van der Waals surface area contributed by atoms with E-state index in [1.807, 2.05) is 27.7 Å². The van der Waals surface area contributed by atoms with Crippen LogP contribution in [0.15, 0.2) is 0 Å². The van der Waals surface area contributed by atoms with Crippen molar-refractivity contribution in [3.05, 3.63) is 0 Å². The summed E-state index contributed by atoms with van der Waals surface area (Å²) in [4.78, 5) is 25.1. The third-order valence-electron chi connectivity index (χ3n) is 4.49. The van der Waals surface area contributed by atoms with E-state index in [0.29, 0.717) is 6.42 Å². The van der Waals surface area contributed by atoms with E-state index in [9.17, 15) is 9.59 Å². The number of alkyl halides is 1. The van der Waals surface area contributed by atoms with Crippen LogP contribution in [0, 0.1) is 11.8 Å². The Hall–Kier alpha value is -0.170. The molecule has 0 aromatic heterocycles. The maximum atomic E-state index is 12.7. The fourth-order valence-electron chi connectivity index (χ4n) is 3.13. The fraction of sp³-hybridized carbons (Fsp3) is 0.875. The highest BCUT2D eigenvalue weighted by Gasteiger charge is 2.50. The largest absolute Gasteiger partial charge is 0.459 e. The molecule has 2 aliphatic heterocycles. The summed E-state index contributed by atoms with van der Waals surface area (Å²) in [7, 11) is 0. The summed E-state index contributed by atoms with van der Waals surface area (Å²) in [5.41, 5.74) is -0.802. The number of hydrogen-bond acceptors (Lipinski definition) is 4. The summed E-state index contributed by atoms with van der Waals surface area (Å²) in [6.07, 6.45) is 2.28. The third kappa shape index (κ3) is 3.60. The first-order valence-corrected chi connectivity index (χ1v) is 8.86. The van der Waals surface area contributed by atoms with Crippen molar-refractivity contribution in [1.29, 1.82) is 0 Å².